The van der Waals surface area contributed by atoms with Crippen LogP contribution in [-0.2, 0) is 6.18 Å². The molecule has 0 amide bonds. The Balaban J connectivity index is 2.25. The number of piperazine rings is 1. The van der Waals surface area contributed by atoms with Gasteiger partial charge in [-0.05, 0) is 20.8 Å². The van der Waals surface area contributed by atoms with Crippen LogP contribution in [0.1, 0.15) is 26.5 Å². The van der Waals surface area contributed by atoms with Crippen LogP contribution in [0.15, 0.2) is 6.07 Å². The number of anilines is 2. The Bertz CT molecular complexity index is 600. The molecular formula is C16H26F3N5O. The van der Waals surface area contributed by atoms with Crippen LogP contribution in [0.25, 0.3) is 0 Å². The highest BCUT2D eigenvalue weighted by Gasteiger charge is 2.36. The lowest BCUT2D eigenvalue weighted by Crippen LogP contribution is -2.55. The zero-order valence-corrected chi connectivity index (χ0v) is 15.3. The van der Waals surface area contributed by atoms with Gasteiger partial charge in [0.05, 0.1) is 5.60 Å². The summed E-state index contributed by atoms with van der Waals surface area (Å²) in [6.45, 7) is 7.68. The van der Waals surface area contributed by atoms with Crippen LogP contribution in [0.3, 0.4) is 0 Å². The number of halogens is 3. The molecule has 1 N–H and O–H groups in total. The van der Waals surface area contributed by atoms with Gasteiger partial charge in [0.15, 0.2) is 5.69 Å². The van der Waals surface area contributed by atoms with Crippen molar-refractivity contribution in [3.05, 3.63) is 11.8 Å². The van der Waals surface area contributed by atoms with Gasteiger partial charge in [-0.1, -0.05) is 0 Å². The molecule has 25 heavy (non-hydrogen) atoms. The number of β-amino-alcohol motifs (C(OH)–C–C–N with tert-alkyl or cyclic N) is 1. The third kappa shape index (κ3) is 5.18. The number of alkyl halides is 3. The van der Waals surface area contributed by atoms with E-state index in [1.165, 1.54) is 4.90 Å². The van der Waals surface area contributed by atoms with E-state index in [-0.39, 0.29) is 17.8 Å². The summed E-state index contributed by atoms with van der Waals surface area (Å²) in [5.74, 6) is 0.317. The fraction of sp³-hybridized carbons (Fsp3) is 0.750. The summed E-state index contributed by atoms with van der Waals surface area (Å²) < 4.78 is 39.5. The molecule has 1 fully saturated rings. The van der Waals surface area contributed by atoms with E-state index < -0.39 is 17.5 Å². The molecule has 0 spiro atoms. The van der Waals surface area contributed by atoms with Crippen molar-refractivity contribution in [3.63, 3.8) is 0 Å². The highest BCUT2D eigenvalue weighted by molar-refractivity contribution is 5.46. The topological polar surface area (TPSA) is 55.7 Å². The minimum atomic E-state index is -4.52. The molecule has 1 aromatic rings. The van der Waals surface area contributed by atoms with Crippen LogP contribution < -0.4 is 9.80 Å². The van der Waals surface area contributed by atoms with Crippen LogP contribution in [0, 0.1) is 0 Å². The zero-order valence-electron chi connectivity index (χ0n) is 15.3. The van der Waals surface area contributed by atoms with E-state index in [1.807, 2.05) is 6.92 Å². The highest BCUT2D eigenvalue weighted by Crippen LogP contribution is 2.31. The van der Waals surface area contributed by atoms with Crippen molar-refractivity contribution in [2.75, 3.05) is 50.1 Å². The fourth-order valence-corrected chi connectivity index (χ4v) is 2.95. The number of aromatic nitrogens is 2. The molecule has 0 saturated carbocycles. The smallest absolute Gasteiger partial charge is 0.389 e. The van der Waals surface area contributed by atoms with Gasteiger partial charge in [0.1, 0.15) is 5.82 Å². The Labute approximate surface area is 146 Å². The SMILES string of the molecule is CC1CN(CC(C)(C)O)CCN1c1nc(N(C)C)cc(C(F)(F)F)n1. The Morgan fingerprint density at radius 3 is 2.36 bits per heavy atom. The van der Waals surface area contributed by atoms with Crippen LogP contribution in [-0.4, -0.2) is 71.9 Å². The third-order valence-electron chi connectivity index (χ3n) is 4.03. The molecule has 2 rings (SSSR count). The van der Waals surface area contributed by atoms with E-state index in [1.54, 1.807) is 32.8 Å². The van der Waals surface area contributed by atoms with Crippen molar-refractivity contribution in [2.24, 2.45) is 0 Å². The first-order valence-electron chi connectivity index (χ1n) is 8.22. The maximum absolute atomic E-state index is 13.2. The molecule has 6 nitrogen and oxygen atoms in total. The fourth-order valence-electron chi connectivity index (χ4n) is 2.95. The molecule has 1 saturated heterocycles. The van der Waals surface area contributed by atoms with Crippen LogP contribution >= 0.6 is 0 Å². The van der Waals surface area contributed by atoms with E-state index in [2.05, 4.69) is 14.9 Å². The normalized spacial score (nSPS) is 20.0. The summed E-state index contributed by atoms with van der Waals surface area (Å²) >= 11 is 0. The van der Waals surface area contributed by atoms with Gasteiger partial charge in [-0.25, -0.2) is 4.98 Å². The molecular weight excluding hydrogens is 335 g/mol. The summed E-state index contributed by atoms with van der Waals surface area (Å²) in [5, 5.41) is 9.95. The first-order valence-corrected chi connectivity index (χ1v) is 8.22. The second-order valence-electron chi connectivity index (χ2n) is 7.39. The number of rotatable bonds is 4. The maximum atomic E-state index is 13.2. The molecule has 0 aliphatic carbocycles. The first-order chi connectivity index (χ1) is 11.4. The molecule has 0 bridgehead atoms. The molecule has 1 atom stereocenters. The Morgan fingerprint density at radius 2 is 1.88 bits per heavy atom. The minimum Gasteiger partial charge on any atom is -0.389 e. The number of nitrogens with zero attached hydrogens (tertiary/aromatic N) is 5. The molecule has 0 radical (unpaired) electrons. The lowest BCUT2D eigenvalue weighted by Gasteiger charge is -2.41. The summed E-state index contributed by atoms with van der Waals surface area (Å²) in [5.41, 5.74) is -1.75. The number of hydrogen-bond acceptors (Lipinski definition) is 6. The van der Waals surface area contributed by atoms with Crippen molar-refractivity contribution in [1.29, 1.82) is 0 Å². The second-order valence-corrected chi connectivity index (χ2v) is 7.39. The van der Waals surface area contributed by atoms with Gasteiger partial charge in [0.25, 0.3) is 0 Å². The van der Waals surface area contributed by atoms with Gasteiger partial charge in [-0.3, -0.25) is 4.90 Å². The molecule has 2 heterocycles. The standard InChI is InChI=1S/C16H26F3N5O/c1-11-9-23(10-15(2,3)25)6-7-24(11)14-20-12(16(17,18)19)8-13(21-14)22(4)5/h8,11,25H,6-7,9-10H2,1-5H3. The Kier molecular flexibility index (Phi) is 5.48. The second kappa shape index (κ2) is 6.95. The maximum Gasteiger partial charge on any atom is 0.433 e. The van der Waals surface area contributed by atoms with Crippen molar-refractivity contribution in [3.8, 4) is 0 Å². The van der Waals surface area contributed by atoms with E-state index >= 15 is 0 Å². The van der Waals surface area contributed by atoms with Crippen molar-refractivity contribution in [1.82, 2.24) is 14.9 Å². The van der Waals surface area contributed by atoms with E-state index in [0.29, 0.717) is 26.2 Å². The average Bonchev–Trinajstić information content (AvgIpc) is 2.44. The van der Waals surface area contributed by atoms with Crippen molar-refractivity contribution >= 4 is 11.8 Å². The van der Waals surface area contributed by atoms with Crippen LogP contribution in [0.4, 0.5) is 24.9 Å². The summed E-state index contributed by atoms with van der Waals surface area (Å²) in [7, 11) is 3.30. The van der Waals surface area contributed by atoms with Gasteiger partial charge in [-0.2, -0.15) is 18.2 Å². The summed E-state index contributed by atoms with van der Waals surface area (Å²) in [6.07, 6.45) is -4.52. The van der Waals surface area contributed by atoms with E-state index in [0.717, 1.165) is 6.07 Å². The van der Waals surface area contributed by atoms with Gasteiger partial charge in [0, 0.05) is 52.4 Å². The van der Waals surface area contributed by atoms with Crippen molar-refractivity contribution in [2.45, 2.75) is 38.6 Å². The molecule has 9 heteroatoms. The highest BCUT2D eigenvalue weighted by atomic mass is 19.4. The number of hydrogen-bond donors (Lipinski definition) is 1. The third-order valence-corrected chi connectivity index (χ3v) is 4.03. The van der Waals surface area contributed by atoms with Gasteiger partial charge in [0.2, 0.25) is 5.95 Å². The summed E-state index contributed by atoms with van der Waals surface area (Å²) in [4.78, 5) is 13.5. The Morgan fingerprint density at radius 1 is 1.24 bits per heavy atom. The molecule has 0 aromatic carbocycles. The zero-order chi connectivity index (χ0) is 19.0. The van der Waals surface area contributed by atoms with E-state index in [9.17, 15) is 18.3 Å². The van der Waals surface area contributed by atoms with Crippen LogP contribution in [0.5, 0.6) is 0 Å². The predicted octanol–water partition coefficient (Wildman–Crippen LogP) is 1.84. The van der Waals surface area contributed by atoms with Crippen molar-refractivity contribution < 1.29 is 18.3 Å². The lowest BCUT2D eigenvalue weighted by atomic mass is 10.1. The quantitative estimate of drug-likeness (QED) is 0.883. The van der Waals surface area contributed by atoms with Gasteiger partial charge >= 0.3 is 6.18 Å². The monoisotopic (exact) mass is 361 g/mol. The first kappa shape index (κ1) is 19.7. The molecule has 142 valence electrons. The molecule has 1 aliphatic rings. The van der Waals surface area contributed by atoms with Gasteiger partial charge < -0.3 is 14.9 Å². The predicted molar refractivity (Wildman–Crippen MR) is 90.9 cm³/mol. The largest absolute Gasteiger partial charge is 0.433 e. The molecule has 1 aliphatic heterocycles. The molecule has 1 unspecified atom stereocenters. The van der Waals surface area contributed by atoms with E-state index in [4.69, 9.17) is 0 Å². The number of aliphatic hydroxyl groups is 1. The average molecular weight is 361 g/mol. The van der Waals surface area contributed by atoms with Crippen LogP contribution in [0.2, 0.25) is 0 Å². The van der Waals surface area contributed by atoms with Gasteiger partial charge in [-0.15, -0.1) is 0 Å². The minimum absolute atomic E-state index is 0.0606. The lowest BCUT2D eigenvalue weighted by molar-refractivity contribution is -0.141. The summed E-state index contributed by atoms with van der Waals surface area (Å²) in [6, 6.07) is 0.896. The Hall–Kier alpha value is -1.61. The molecule has 1 aromatic heterocycles.